The highest BCUT2D eigenvalue weighted by atomic mass is 35.5. The second-order valence-corrected chi connectivity index (χ2v) is 18.3. The number of likely N-dealkylation sites (N-methyl/N-ethyl adjacent to an activating group) is 1. The first-order valence-electron chi connectivity index (χ1n) is 22.3. The summed E-state index contributed by atoms with van der Waals surface area (Å²) in [6.45, 7) is 4.79. The van der Waals surface area contributed by atoms with E-state index in [4.69, 9.17) is 26.1 Å². The number of alkyl halides is 2. The van der Waals surface area contributed by atoms with Crippen molar-refractivity contribution >= 4 is 69.5 Å². The lowest BCUT2D eigenvalue weighted by Gasteiger charge is -2.48. The van der Waals surface area contributed by atoms with E-state index in [1.54, 1.807) is 16.8 Å². The summed E-state index contributed by atoms with van der Waals surface area (Å²) < 4.78 is 45.5. The molecule has 348 valence electrons. The first-order chi connectivity index (χ1) is 31.6. The molecule has 5 aliphatic rings. The van der Waals surface area contributed by atoms with Gasteiger partial charge in [-0.1, -0.05) is 17.7 Å². The predicted octanol–water partition coefficient (Wildman–Crippen LogP) is 4.94. The first-order valence-corrected chi connectivity index (χ1v) is 22.7. The standard InChI is InChI=1S/C46H50ClF2N9O8/c1-24(2)57-35-7-5-27(16-26(35)18-37(44(57)64)65-22-39(60)50-3)52-40-34(47)21-51-45(54-40)55-13-10-29(11-14-55)66-30-19-28(20-30)56-15-12-33(46(48,49)23-56)25-4-6-31-32(17-25)43(63)58(42(31)62)36-8-9-38(59)53-41(36)61/h4-7,16-18,21,24,28-30,33,36H,8-15,19-20,22-23H2,1-3H3,(H,50,60)(H,51,52,54)(H,53,59,61)/t28?,30?,33-,36-/m1/s1. The molecule has 4 aromatic rings. The fourth-order valence-electron chi connectivity index (χ4n) is 9.77. The molecular weight excluding hydrogens is 880 g/mol. The molecule has 2 atom stereocenters. The van der Waals surface area contributed by atoms with Crippen LogP contribution < -0.4 is 31.1 Å². The van der Waals surface area contributed by atoms with Gasteiger partial charge in [-0.05, 0) is 101 Å². The van der Waals surface area contributed by atoms with Crippen molar-refractivity contribution in [1.29, 1.82) is 0 Å². The van der Waals surface area contributed by atoms with E-state index in [0.29, 0.717) is 65.9 Å². The van der Waals surface area contributed by atoms with Crippen LogP contribution in [0.5, 0.6) is 5.75 Å². The molecule has 17 nitrogen and oxygen atoms in total. The van der Waals surface area contributed by atoms with Crippen LogP contribution in [0.1, 0.15) is 97.0 Å². The number of piperidine rings is 3. The van der Waals surface area contributed by atoms with E-state index >= 15 is 8.78 Å². The number of hydrogen-bond donors (Lipinski definition) is 3. The van der Waals surface area contributed by atoms with Gasteiger partial charge < -0.3 is 29.6 Å². The summed E-state index contributed by atoms with van der Waals surface area (Å²) >= 11 is 6.57. The van der Waals surface area contributed by atoms with E-state index in [1.165, 1.54) is 25.2 Å². The SMILES string of the molecule is CNC(=O)COc1cc2cc(Nc3nc(N4CCC(OC5CC(N6CC[C@H](c7ccc8c(c7)C(=O)N([C@@H]7CCC(=O)NC7=O)C8=O)C(F)(F)C6)C5)CC4)ncc3Cl)ccc2n(C(C)C)c1=O. The smallest absolute Gasteiger partial charge is 0.293 e. The van der Waals surface area contributed by atoms with Crippen LogP contribution in [0.3, 0.4) is 0 Å². The van der Waals surface area contributed by atoms with Crippen LogP contribution in [-0.4, -0.2) is 124 Å². The zero-order valence-electron chi connectivity index (χ0n) is 36.7. The van der Waals surface area contributed by atoms with Crippen molar-refractivity contribution in [2.24, 2.45) is 0 Å². The van der Waals surface area contributed by atoms with Gasteiger partial charge in [0.1, 0.15) is 11.1 Å². The minimum absolute atomic E-state index is 0.00403. The molecular formula is C46H50ClF2N9O8. The molecule has 0 bridgehead atoms. The summed E-state index contributed by atoms with van der Waals surface area (Å²) in [4.78, 5) is 89.7. The number of pyridine rings is 1. The van der Waals surface area contributed by atoms with E-state index in [2.05, 4.69) is 25.8 Å². The number of rotatable bonds is 12. The third-order valence-electron chi connectivity index (χ3n) is 13.3. The summed E-state index contributed by atoms with van der Waals surface area (Å²) in [5, 5.41) is 8.96. The first kappa shape index (κ1) is 45.1. The minimum atomic E-state index is -3.09. The van der Waals surface area contributed by atoms with Gasteiger partial charge in [0.2, 0.25) is 17.8 Å². The molecule has 6 heterocycles. The second-order valence-electron chi connectivity index (χ2n) is 17.9. The van der Waals surface area contributed by atoms with Gasteiger partial charge in [0, 0.05) is 49.7 Å². The fraction of sp³-hybridized carbons (Fsp3) is 0.478. The van der Waals surface area contributed by atoms with Crippen LogP contribution in [0, 0.1) is 0 Å². The van der Waals surface area contributed by atoms with Crippen molar-refractivity contribution in [2.75, 3.05) is 50.1 Å². The van der Waals surface area contributed by atoms with Crippen LogP contribution in [0.4, 0.5) is 26.2 Å². The molecule has 2 aromatic carbocycles. The fourth-order valence-corrected chi connectivity index (χ4v) is 9.91. The van der Waals surface area contributed by atoms with E-state index in [-0.39, 0.29) is 84.1 Å². The Hall–Kier alpha value is -6.05. The van der Waals surface area contributed by atoms with Gasteiger partial charge in [0.15, 0.2) is 18.2 Å². The van der Waals surface area contributed by atoms with Crippen LogP contribution >= 0.6 is 11.6 Å². The topological polar surface area (TPSA) is 197 Å². The monoisotopic (exact) mass is 929 g/mol. The van der Waals surface area contributed by atoms with Crippen molar-refractivity contribution in [2.45, 2.75) is 101 Å². The minimum Gasteiger partial charge on any atom is -0.478 e. The number of hydrogen-bond acceptors (Lipinski definition) is 13. The van der Waals surface area contributed by atoms with Crippen molar-refractivity contribution in [3.63, 3.8) is 0 Å². The van der Waals surface area contributed by atoms with Crippen molar-refractivity contribution in [3.05, 3.63) is 80.7 Å². The lowest BCUT2D eigenvalue weighted by molar-refractivity contribution is -0.136. The summed E-state index contributed by atoms with van der Waals surface area (Å²) in [5.41, 5.74) is 1.35. The number of amides is 5. The third kappa shape index (κ3) is 8.70. The van der Waals surface area contributed by atoms with Gasteiger partial charge in [-0.15, -0.1) is 0 Å². The van der Waals surface area contributed by atoms with Gasteiger partial charge in [-0.3, -0.25) is 43.9 Å². The van der Waals surface area contributed by atoms with Crippen molar-refractivity contribution in [3.8, 4) is 5.75 Å². The number of nitrogens with one attached hydrogen (secondary N) is 3. The molecule has 1 saturated carbocycles. The zero-order valence-corrected chi connectivity index (χ0v) is 37.4. The highest BCUT2D eigenvalue weighted by Crippen LogP contribution is 2.44. The Kier molecular flexibility index (Phi) is 12.3. The lowest BCUT2D eigenvalue weighted by Crippen LogP contribution is -2.56. The third-order valence-corrected chi connectivity index (χ3v) is 13.6. The Morgan fingerprint density at radius 2 is 1.71 bits per heavy atom. The zero-order chi connectivity index (χ0) is 46.6. The van der Waals surface area contributed by atoms with E-state index in [0.717, 1.165) is 17.7 Å². The molecule has 9 rings (SSSR count). The quantitative estimate of drug-likeness (QED) is 0.162. The average molecular weight is 930 g/mol. The van der Waals surface area contributed by atoms with Gasteiger partial charge in [0.25, 0.3) is 29.2 Å². The maximum Gasteiger partial charge on any atom is 0.293 e. The lowest BCUT2D eigenvalue weighted by atomic mass is 9.81. The number of benzene rings is 2. The van der Waals surface area contributed by atoms with Gasteiger partial charge in [-0.2, -0.15) is 4.98 Å². The molecule has 4 aliphatic heterocycles. The maximum atomic E-state index is 15.9. The molecule has 20 heteroatoms. The molecule has 3 saturated heterocycles. The number of nitrogens with zero attached hydrogens (tertiary/aromatic N) is 6. The number of fused-ring (bicyclic) bond motifs is 2. The van der Waals surface area contributed by atoms with Gasteiger partial charge in [-0.25, -0.2) is 13.8 Å². The molecule has 0 radical (unpaired) electrons. The highest BCUT2D eigenvalue weighted by Gasteiger charge is 2.50. The Balaban J connectivity index is 0.765. The molecule has 4 fully saturated rings. The van der Waals surface area contributed by atoms with Crippen LogP contribution in [0.15, 0.2) is 53.5 Å². The second kappa shape index (κ2) is 18.0. The number of carbonyl (C=O) groups is 5. The number of imide groups is 2. The Morgan fingerprint density at radius 3 is 2.42 bits per heavy atom. The highest BCUT2D eigenvalue weighted by molar-refractivity contribution is 6.33. The molecule has 5 amide bonds. The maximum absolute atomic E-state index is 15.9. The average Bonchev–Trinajstić information content (AvgIpc) is 3.51. The summed E-state index contributed by atoms with van der Waals surface area (Å²) in [5.74, 6) is -6.24. The number of halogens is 3. The normalized spacial score (nSPS) is 23.5. The van der Waals surface area contributed by atoms with E-state index in [9.17, 15) is 28.8 Å². The van der Waals surface area contributed by atoms with Crippen LogP contribution in [-0.2, 0) is 19.1 Å². The van der Waals surface area contributed by atoms with Crippen molar-refractivity contribution < 1.29 is 42.2 Å². The summed E-state index contributed by atoms with van der Waals surface area (Å²) in [6.07, 6.45) is 4.42. The number of carbonyl (C=O) groups excluding carboxylic acids is 5. The number of aromatic nitrogens is 3. The van der Waals surface area contributed by atoms with Crippen molar-refractivity contribution in [1.82, 2.24) is 35.0 Å². The van der Waals surface area contributed by atoms with Crippen LogP contribution in [0.2, 0.25) is 5.02 Å². The molecule has 3 N–H and O–H groups in total. The van der Waals surface area contributed by atoms with Crippen LogP contribution in [0.25, 0.3) is 10.9 Å². The predicted molar refractivity (Wildman–Crippen MR) is 239 cm³/mol. The molecule has 1 aliphatic carbocycles. The number of likely N-dealkylation sites (tertiary alicyclic amines) is 1. The number of ether oxygens (including phenoxy) is 2. The summed E-state index contributed by atoms with van der Waals surface area (Å²) in [6, 6.07) is 10.0. The Bertz CT molecular complexity index is 2690. The van der Waals surface area contributed by atoms with E-state index in [1.807, 2.05) is 36.9 Å². The van der Waals surface area contributed by atoms with Gasteiger partial charge >= 0.3 is 0 Å². The Morgan fingerprint density at radius 1 is 0.955 bits per heavy atom. The molecule has 0 unspecified atom stereocenters. The van der Waals surface area contributed by atoms with Gasteiger partial charge in [0.05, 0.1) is 47.5 Å². The largest absolute Gasteiger partial charge is 0.478 e. The molecule has 66 heavy (non-hydrogen) atoms. The number of anilines is 3. The summed E-state index contributed by atoms with van der Waals surface area (Å²) in [7, 11) is 1.49. The molecule has 2 aromatic heterocycles. The Labute approximate surface area is 383 Å². The molecule has 0 spiro atoms. The van der Waals surface area contributed by atoms with E-state index < -0.39 is 48.1 Å².